The van der Waals surface area contributed by atoms with E-state index in [1.165, 1.54) is 45.3 Å². The van der Waals surface area contributed by atoms with Gasteiger partial charge in [-0.2, -0.15) is 0 Å². The Morgan fingerprint density at radius 1 is 1.35 bits per heavy atom. The van der Waals surface area contributed by atoms with Crippen LogP contribution in [0.3, 0.4) is 0 Å². The highest BCUT2D eigenvalue weighted by atomic mass is 16.5. The maximum atomic E-state index is 5.81. The average Bonchev–Trinajstić information content (AvgIpc) is 3.11. The van der Waals surface area contributed by atoms with Gasteiger partial charge in [0.1, 0.15) is 0 Å². The zero-order valence-corrected chi connectivity index (χ0v) is 11.2. The lowest BCUT2D eigenvalue weighted by Crippen LogP contribution is -2.54. The second-order valence-electron chi connectivity index (χ2n) is 6.32. The van der Waals surface area contributed by atoms with Crippen LogP contribution >= 0.6 is 0 Å². The minimum atomic E-state index is 0.277. The Morgan fingerprint density at radius 3 is 2.82 bits per heavy atom. The van der Waals surface area contributed by atoms with E-state index in [4.69, 9.17) is 4.74 Å². The Balaban J connectivity index is 1.71. The summed E-state index contributed by atoms with van der Waals surface area (Å²) >= 11 is 0. The first-order valence-corrected chi connectivity index (χ1v) is 7.30. The molecule has 0 bridgehead atoms. The minimum absolute atomic E-state index is 0.277. The number of hydrogen-bond donors (Lipinski definition) is 1. The molecule has 3 heteroatoms. The Labute approximate surface area is 105 Å². The predicted molar refractivity (Wildman–Crippen MR) is 69.1 cm³/mol. The second kappa shape index (κ2) is 4.52. The maximum Gasteiger partial charge on any atom is 0.0728 e. The van der Waals surface area contributed by atoms with Gasteiger partial charge in [-0.25, -0.2) is 0 Å². The van der Waals surface area contributed by atoms with Gasteiger partial charge in [0, 0.05) is 31.3 Å². The van der Waals surface area contributed by atoms with E-state index < -0.39 is 0 Å². The molecule has 3 aliphatic rings. The molecule has 1 aliphatic carbocycles. The first kappa shape index (κ1) is 11.9. The molecular formula is C14H26N2O. The molecule has 2 aliphatic heterocycles. The van der Waals surface area contributed by atoms with Crippen LogP contribution in [-0.2, 0) is 4.74 Å². The van der Waals surface area contributed by atoms with Crippen molar-refractivity contribution in [2.24, 2.45) is 5.92 Å². The van der Waals surface area contributed by atoms with Crippen molar-refractivity contribution in [1.82, 2.24) is 10.2 Å². The highest BCUT2D eigenvalue weighted by Gasteiger charge is 2.44. The molecule has 3 rings (SSSR count). The smallest absolute Gasteiger partial charge is 0.0728 e. The molecule has 1 saturated carbocycles. The van der Waals surface area contributed by atoms with Crippen LogP contribution in [0.25, 0.3) is 0 Å². The third-order valence-corrected chi connectivity index (χ3v) is 5.19. The van der Waals surface area contributed by atoms with Gasteiger partial charge >= 0.3 is 0 Å². The van der Waals surface area contributed by atoms with Crippen LogP contribution in [0.2, 0.25) is 0 Å². The molecule has 0 aromatic rings. The number of rotatable bonds is 2. The van der Waals surface area contributed by atoms with Crippen molar-refractivity contribution >= 4 is 0 Å². The Hall–Kier alpha value is -0.120. The number of ether oxygens (including phenoxy) is 1. The first-order chi connectivity index (χ1) is 8.20. The third-order valence-electron chi connectivity index (χ3n) is 5.19. The fourth-order valence-corrected chi connectivity index (χ4v) is 3.47. The fourth-order valence-electron chi connectivity index (χ4n) is 3.47. The van der Waals surface area contributed by atoms with Crippen molar-refractivity contribution in [3.63, 3.8) is 0 Å². The molecular weight excluding hydrogens is 212 g/mol. The van der Waals surface area contributed by atoms with Gasteiger partial charge < -0.3 is 10.1 Å². The van der Waals surface area contributed by atoms with Crippen molar-refractivity contribution < 1.29 is 4.74 Å². The van der Waals surface area contributed by atoms with Gasteiger partial charge in [0.05, 0.1) is 6.10 Å². The fraction of sp³-hybridized carbons (Fsp3) is 1.00. The standard InChI is InChI=1S/C14H26N2O/c1-11-14(2,6-9-17-11)16-8-3-7-15-13(10-16)12-4-5-12/h11-13,15H,3-10H2,1-2H3. The summed E-state index contributed by atoms with van der Waals surface area (Å²) in [7, 11) is 0. The zero-order valence-electron chi connectivity index (χ0n) is 11.2. The number of hydrogen-bond acceptors (Lipinski definition) is 3. The van der Waals surface area contributed by atoms with Crippen molar-refractivity contribution in [2.45, 2.75) is 57.2 Å². The number of nitrogens with zero attached hydrogens (tertiary/aromatic N) is 1. The van der Waals surface area contributed by atoms with Crippen LogP contribution < -0.4 is 5.32 Å². The summed E-state index contributed by atoms with van der Waals surface area (Å²) in [6.45, 7) is 9.26. The quantitative estimate of drug-likeness (QED) is 0.791. The predicted octanol–water partition coefficient (Wildman–Crippen LogP) is 1.63. The molecule has 2 saturated heterocycles. The summed E-state index contributed by atoms with van der Waals surface area (Å²) < 4.78 is 5.81. The van der Waals surface area contributed by atoms with E-state index >= 15 is 0 Å². The molecule has 3 unspecified atom stereocenters. The van der Waals surface area contributed by atoms with Gasteiger partial charge in [0.2, 0.25) is 0 Å². The van der Waals surface area contributed by atoms with E-state index in [0.717, 1.165) is 18.6 Å². The molecule has 1 N–H and O–H groups in total. The van der Waals surface area contributed by atoms with Crippen LogP contribution in [0.1, 0.15) is 39.5 Å². The SMILES string of the molecule is CC1OCCC1(C)N1CCCNC(C2CC2)C1. The summed E-state index contributed by atoms with van der Waals surface area (Å²) in [4.78, 5) is 2.72. The molecule has 0 aromatic carbocycles. The first-order valence-electron chi connectivity index (χ1n) is 7.30. The molecule has 3 fully saturated rings. The molecule has 0 amide bonds. The van der Waals surface area contributed by atoms with Gasteiger partial charge in [-0.05, 0) is 52.0 Å². The van der Waals surface area contributed by atoms with Gasteiger partial charge in [0.25, 0.3) is 0 Å². The maximum absolute atomic E-state index is 5.81. The van der Waals surface area contributed by atoms with Crippen LogP contribution in [0.4, 0.5) is 0 Å². The summed E-state index contributed by atoms with van der Waals surface area (Å²) in [6, 6.07) is 0.738. The van der Waals surface area contributed by atoms with Crippen LogP contribution in [0.15, 0.2) is 0 Å². The lowest BCUT2D eigenvalue weighted by molar-refractivity contribution is 0.0184. The van der Waals surface area contributed by atoms with Crippen molar-refractivity contribution in [1.29, 1.82) is 0 Å². The third kappa shape index (κ3) is 2.25. The summed E-state index contributed by atoms with van der Waals surface area (Å²) in [5.74, 6) is 0.955. The molecule has 0 aromatic heterocycles. The topological polar surface area (TPSA) is 24.5 Å². The van der Waals surface area contributed by atoms with Gasteiger partial charge in [-0.1, -0.05) is 0 Å². The Bertz CT molecular complexity index is 279. The van der Waals surface area contributed by atoms with Gasteiger partial charge in [0.15, 0.2) is 0 Å². The molecule has 3 atom stereocenters. The van der Waals surface area contributed by atoms with Crippen LogP contribution in [0, 0.1) is 5.92 Å². The van der Waals surface area contributed by atoms with E-state index in [2.05, 4.69) is 24.1 Å². The van der Waals surface area contributed by atoms with Gasteiger partial charge in [-0.3, -0.25) is 4.90 Å². The molecule has 0 radical (unpaired) electrons. The van der Waals surface area contributed by atoms with E-state index in [0.29, 0.717) is 6.10 Å². The second-order valence-corrected chi connectivity index (χ2v) is 6.32. The molecule has 98 valence electrons. The van der Waals surface area contributed by atoms with Crippen molar-refractivity contribution in [3.05, 3.63) is 0 Å². The van der Waals surface area contributed by atoms with Gasteiger partial charge in [-0.15, -0.1) is 0 Å². The van der Waals surface area contributed by atoms with Crippen LogP contribution in [0.5, 0.6) is 0 Å². The highest BCUT2D eigenvalue weighted by molar-refractivity contribution is 5.00. The Kier molecular flexibility index (Phi) is 3.18. The highest BCUT2D eigenvalue weighted by Crippen LogP contribution is 2.37. The average molecular weight is 238 g/mol. The molecule has 2 heterocycles. The summed E-state index contributed by atoms with van der Waals surface area (Å²) in [5, 5.41) is 3.75. The molecule has 0 spiro atoms. The lowest BCUT2D eigenvalue weighted by Gasteiger charge is -2.41. The van der Waals surface area contributed by atoms with Crippen molar-refractivity contribution in [3.8, 4) is 0 Å². The summed E-state index contributed by atoms with van der Waals surface area (Å²) in [6.07, 6.45) is 5.75. The Morgan fingerprint density at radius 2 is 2.18 bits per heavy atom. The van der Waals surface area contributed by atoms with E-state index in [9.17, 15) is 0 Å². The minimum Gasteiger partial charge on any atom is -0.377 e. The lowest BCUT2D eigenvalue weighted by atomic mass is 9.91. The van der Waals surface area contributed by atoms with E-state index in [-0.39, 0.29) is 5.54 Å². The zero-order chi connectivity index (χ0) is 11.9. The van der Waals surface area contributed by atoms with E-state index in [1.54, 1.807) is 0 Å². The summed E-state index contributed by atoms with van der Waals surface area (Å²) in [5.41, 5.74) is 0.277. The molecule has 17 heavy (non-hydrogen) atoms. The monoisotopic (exact) mass is 238 g/mol. The van der Waals surface area contributed by atoms with E-state index in [1.807, 2.05) is 0 Å². The normalized spacial score (nSPS) is 44.8. The largest absolute Gasteiger partial charge is 0.377 e. The van der Waals surface area contributed by atoms with Crippen LogP contribution in [-0.4, -0.2) is 48.8 Å². The number of nitrogens with one attached hydrogen (secondary N) is 1. The molecule has 3 nitrogen and oxygen atoms in total. The van der Waals surface area contributed by atoms with Crippen molar-refractivity contribution in [2.75, 3.05) is 26.2 Å².